The lowest BCUT2D eigenvalue weighted by atomic mass is 10.2. The summed E-state index contributed by atoms with van der Waals surface area (Å²) in [7, 11) is 3.10. The van der Waals surface area contributed by atoms with Crippen LogP contribution < -0.4 is 16.1 Å². The van der Waals surface area contributed by atoms with Gasteiger partial charge in [-0.05, 0) is 29.8 Å². The summed E-state index contributed by atoms with van der Waals surface area (Å²) in [6.45, 7) is 4.40. The fourth-order valence-electron chi connectivity index (χ4n) is 4.56. The van der Waals surface area contributed by atoms with Gasteiger partial charge in [0.1, 0.15) is 11.6 Å². The molecule has 176 valence electrons. The van der Waals surface area contributed by atoms with Gasteiger partial charge < -0.3 is 9.47 Å². The predicted octanol–water partition coefficient (Wildman–Crippen LogP) is 1.94. The normalized spacial score (nSPS) is 14.7. The smallest absolute Gasteiger partial charge is 0.332 e. The Morgan fingerprint density at radius 3 is 2.21 bits per heavy atom. The molecule has 1 saturated heterocycles. The number of fused-ring (bicyclic) bond motifs is 1. The Hall–Kier alpha value is -3.72. The molecule has 2 aromatic heterocycles. The maximum Gasteiger partial charge on any atom is 0.332 e. The van der Waals surface area contributed by atoms with Gasteiger partial charge in [-0.25, -0.2) is 14.2 Å². The third kappa shape index (κ3) is 4.03. The monoisotopic (exact) mass is 462 g/mol. The molecule has 1 aliphatic rings. The molecule has 0 amide bonds. The number of hydrogen-bond donors (Lipinski definition) is 0. The quantitative estimate of drug-likeness (QED) is 0.454. The first-order chi connectivity index (χ1) is 16.4. The molecule has 5 rings (SSSR count). The number of aromatic nitrogens is 4. The number of benzene rings is 2. The van der Waals surface area contributed by atoms with E-state index in [4.69, 9.17) is 4.98 Å². The van der Waals surface area contributed by atoms with E-state index in [1.54, 1.807) is 19.2 Å². The van der Waals surface area contributed by atoms with Gasteiger partial charge in [-0.15, -0.1) is 0 Å². The average Bonchev–Trinajstić information content (AvgIpc) is 3.21. The van der Waals surface area contributed by atoms with E-state index in [1.807, 2.05) is 22.8 Å². The van der Waals surface area contributed by atoms with Crippen molar-refractivity contribution >= 4 is 16.9 Å². The van der Waals surface area contributed by atoms with Gasteiger partial charge in [-0.1, -0.05) is 30.3 Å². The van der Waals surface area contributed by atoms with E-state index in [0.29, 0.717) is 30.1 Å². The van der Waals surface area contributed by atoms with E-state index in [9.17, 15) is 14.0 Å². The van der Waals surface area contributed by atoms with Crippen LogP contribution >= 0.6 is 0 Å². The average molecular weight is 463 g/mol. The van der Waals surface area contributed by atoms with Crippen molar-refractivity contribution < 1.29 is 4.39 Å². The second-order valence-corrected chi connectivity index (χ2v) is 8.72. The number of nitrogens with zero attached hydrogens (tertiary/aromatic N) is 6. The van der Waals surface area contributed by atoms with Crippen molar-refractivity contribution in [2.75, 3.05) is 31.1 Å². The molecule has 4 aromatic rings. The summed E-state index contributed by atoms with van der Waals surface area (Å²) in [5, 5.41) is 0. The predicted molar refractivity (Wildman–Crippen MR) is 130 cm³/mol. The van der Waals surface area contributed by atoms with Crippen molar-refractivity contribution in [3.63, 3.8) is 0 Å². The van der Waals surface area contributed by atoms with Crippen LogP contribution in [0.4, 0.5) is 10.1 Å². The Balaban J connectivity index is 1.48. The van der Waals surface area contributed by atoms with E-state index >= 15 is 0 Å². The molecule has 0 unspecified atom stereocenters. The van der Waals surface area contributed by atoms with Gasteiger partial charge in [0, 0.05) is 52.5 Å². The van der Waals surface area contributed by atoms with Crippen molar-refractivity contribution in [1.29, 1.82) is 0 Å². The lowest BCUT2D eigenvalue weighted by Crippen LogP contribution is -2.46. The Bertz CT molecular complexity index is 1430. The minimum absolute atomic E-state index is 0.311. The van der Waals surface area contributed by atoms with Crippen LogP contribution in [0.2, 0.25) is 0 Å². The molecule has 34 heavy (non-hydrogen) atoms. The number of aryl methyl sites for hydroxylation is 1. The molecular formula is C25H27FN6O2. The minimum Gasteiger partial charge on any atom is -0.369 e. The van der Waals surface area contributed by atoms with E-state index in [1.165, 1.54) is 29.4 Å². The maximum atomic E-state index is 13.5. The van der Waals surface area contributed by atoms with Crippen LogP contribution in [0.1, 0.15) is 11.4 Å². The fourth-order valence-corrected chi connectivity index (χ4v) is 4.56. The molecule has 0 saturated carbocycles. The van der Waals surface area contributed by atoms with E-state index in [0.717, 1.165) is 36.3 Å². The van der Waals surface area contributed by atoms with Crippen LogP contribution in [0.3, 0.4) is 0 Å². The molecule has 1 fully saturated rings. The van der Waals surface area contributed by atoms with Crippen LogP contribution in [-0.2, 0) is 27.2 Å². The van der Waals surface area contributed by atoms with E-state index in [2.05, 4.69) is 21.9 Å². The number of anilines is 1. The van der Waals surface area contributed by atoms with Gasteiger partial charge in [0.05, 0.1) is 6.54 Å². The molecule has 0 aliphatic carbocycles. The Kier molecular flexibility index (Phi) is 5.79. The summed E-state index contributed by atoms with van der Waals surface area (Å²) in [6, 6.07) is 16.6. The van der Waals surface area contributed by atoms with Gasteiger partial charge in [0.2, 0.25) is 0 Å². The molecule has 9 heteroatoms. The molecule has 0 radical (unpaired) electrons. The molecule has 0 bridgehead atoms. The second-order valence-electron chi connectivity index (χ2n) is 8.72. The standard InChI is InChI=1S/C25H27FN6O2/c1-28-23-22(24(33)29(2)25(28)34)32(16-18-8-10-19(26)11-9-18)21(27-23)17-30-12-14-31(15-13-30)20-6-4-3-5-7-20/h3-11H,12-17H2,1-2H3. The summed E-state index contributed by atoms with van der Waals surface area (Å²) in [6.07, 6.45) is 0. The summed E-state index contributed by atoms with van der Waals surface area (Å²) in [5.74, 6) is 0.403. The highest BCUT2D eigenvalue weighted by Gasteiger charge is 2.23. The van der Waals surface area contributed by atoms with E-state index in [-0.39, 0.29) is 11.4 Å². The van der Waals surface area contributed by atoms with Crippen molar-refractivity contribution in [3.05, 3.63) is 92.6 Å². The highest BCUT2D eigenvalue weighted by atomic mass is 19.1. The van der Waals surface area contributed by atoms with Crippen LogP contribution in [0.25, 0.3) is 11.2 Å². The zero-order valence-corrected chi connectivity index (χ0v) is 19.3. The Morgan fingerprint density at radius 2 is 1.53 bits per heavy atom. The fraction of sp³-hybridized carbons (Fsp3) is 0.320. The zero-order chi connectivity index (χ0) is 23.8. The topological polar surface area (TPSA) is 68.3 Å². The molecule has 0 atom stereocenters. The number of imidazole rings is 1. The van der Waals surface area contributed by atoms with Gasteiger partial charge in [0.15, 0.2) is 11.2 Å². The summed E-state index contributed by atoms with van der Waals surface area (Å²) in [5.41, 5.74) is 2.02. The molecule has 0 spiro atoms. The molecular weight excluding hydrogens is 435 g/mol. The molecule has 1 aliphatic heterocycles. The molecule has 3 heterocycles. The third-order valence-electron chi connectivity index (χ3n) is 6.54. The van der Waals surface area contributed by atoms with Gasteiger partial charge in [-0.3, -0.25) is 18.8 Å². The zero-order valence-electron chi connectivity index (χ0n) is 19.3. The lowest BCUT2D eigenvalue weighted by Gasteiger charge is -2.36. The van der Waals surface area contributed by atoms with Crippen LogP contribution in [0, 0.1) is 5.82 Å². The van der Waals surface area contributed by atoms with Gasteiger partial charge >= 0.3 is 5.69 Å². The van der Waals surface area contributed by atoms with E-state index < -0.39 is 5.69 Å². The first-order valence-electron chi connectivity index (χ1n) is 11.3. The third-order valence-corrected chi connectivity index (χ3v) is 6.54. The lowest BCUT2D eigenvalue weighted by molar-refractivity contribution is 0.241. The summed E-state index contributed by atoms with van der Waals surface area (Å²) in [4.78, 5) is 35.0. The summed E-state index contributed by atoms with van der Waals surface area (Å²) < 4.78 is 17.8. The Morgan fingerprint density at radius 1 is 0.853 bits per heavy atom. The maximum absolute atomic E-state index is 13.5. The SMILES string of the molecule is Cn1c(=O)c2c(nc(CN3CCN(c4ccccc4)CC3)n2Cc2ccc(F)cc2)n(C)c1=O. The number of piperazine rings is 1. The number of halogens is 1. The van der Waals surface area contributed by atoms with Crippen LogP contribution in [0.5, 0.6) is 0 Å². The van der Waals surface area contributed by atoms with Crippen molar-refractivity contribution in [2.45, 2.75) is 13.1 Å². The number of hydrogen-bond acceptors (Lipinski definition) is 5. The first kappa shape index (κ1) is 22.1. The highest BCUT2D eigenvalue weighted by molar-refractivity contribution is 5.71. The van der Waals surface area contributed by atoms with Crippen LogP contribution in [-0.4, -0.2) is 49.8 Å². The van der Waals surface area contributed by atoms with Gasteiger partial charge in [0.25, 0.3) is 5.56 Å². The van der Waals surface area contributed by atoms with Crippen LogP contribution in [0.15, 0.2) is 64.2 Å². The Labute approximate surface area is 196 Å². The van der Waals surface area contributed by atoms with Gasteiger partial charge in [-0.2, -0.15) is 0 Å². The minimum atomic E-state index is -0.410. The number of rotatable bonds is 5. The summed E-state index contributed by atoms with van der Waals surface area (Å²) >= 11 is 0. The molecule has 0 N–H and O–H groups in total. The second kappa shape index (κ2) is 8.90. The van der Waals surface area contributed by atoms with Crippen molar-refractivity contribution in [1.82, 2.24) is 23.6 Å². The molecule has 2 aromatic carbocycles. The highest BCUT2D eigenvalue weighted by Crippen LogP contribution is 2.19. The van der Waals surface area contributed by atoms with Crippen molar-refractivity contribution in [3.8, 4) is 0 Å². The molecule has 8 nitrogen and oxygen atoms in total. The number of para-hydroxylation sites is 1. The van der Waals surface area contributed by atoms with Crippen molar-refractivity contribution in [2.24, 2.45) is 14.1 Å². The first-order valence-corrected chi connectivity index (χ1v) is 11.3. The largest absolute Gasteiger partial charge is 0.369 e.